The molecular weight excluding hydrogens is 359 g/mol. The van der Waals surface area contributed by atoms with Gasteiger partial charge >= 0.3 is 0 Å². The lowest BCUT2D eigenvalue weighted by Gasteiger charge is -2.22. The Balaban J connectivity index is 0.00000243. The number of hydrogen-bond acceptors (Lipinski definition) is 4. The molecule has 1 unspecified atom stereocenters. The predicted octanol–water partition coefficient (Wildman–Crippen LogP) is 2.17. The van der Waals surface area contributed by atoms with Gasteiger partial charge in [0.25, 0.3) is 0 Å². The quantitative estimate of drug-likeness (QED) is 0.831. The van der Waals surface area contributed by atoms with Crippen LogP contribution in [0.1, 0.15) is 30.0 Å². The number of aromatic nitrogens is 2. The molecular formula is C18H24ClFN4O2. The van der Waals surface area contributed by atoms with E-state index < -0.39 is 6.04 Å². The van der Waals surface area contributed by atoms with E-state index in [-0.39, 0.29) is 36.0 Å². The van der Waals surface area contributed by atoms with E-state index in [0.717, 1.165) is 12.1 Å². The van der Waals surface area contributed by atoms with Crippen molar-refractivity contribution in [1.29, 1.82) is 0 Å². The first kappa shape index (κ1) is 20.2. The third kappa shape index (κ3) is 3.99. The van der Waals surface area contributed by atoms with Crippen LogP contribution in [0, 0.1) is 11.7 Å². The van der Waals surface area contributed by atoms with Crippen LogP contribution in [0.4, 0.5) is 4.39 Å². The topological polar surface area (TPSA) is 68.2 Å². The first-order chi connectivity index (χ1) is 12.0. The summed E-state index contributed by atoms with van der Waals surface area (Å²) in [5.41, 5.74) is 1.39. The summed E-state index contributed by atoms with van der Waals surface area (Å²) in [6.07, 6.45) is 3.72. The van der Waals surface area contributed by atoms with E-state index in [1.165, 1.54) is 13.2 Å². The fraction of sp³-hybridized carbons (Fsp3) is 0.444. The molecule has 1 aromatic heterocycles. The first-order valence-electron chi connectivity index (χ1n) is 8.33. The van der Waals surface area contributed by atoms with Crippen LogP contribution in [0.15, 0.2) is 30.6 Å². The van der Waals surface area contributed by atoms with Gasteiger partial charge in [-0.15, -0.1) is 12.4 Å². The number of benzene rings is 1. The van der Waals surface area contributed by atoms with Crippen LogP contribution in [-0.4, -0.2) is 35.9 Å². The average molecular weight is 383 g/mol. The van der Waals surface area contributed by atoms with E-state index in [1.807, 2.05) is 13.2 Å². The van der Waals surface area contributed by atoms with Crippen LogP contribution in [0.2, 0.25) is 0 Å². The first-order valence-corrected chi connectivity index (χ1v) is 8.33. The van der Waals surface area contributed by atoms with Crippen molar-refractivity contribution in [3.63, 3.8) is 0 Å². The maximum Gasteiger partial charge on any atom is 0.225 e. The maximum absolute atomic E-state index is 14.2. The minimum absolute atomic E-state index is 0. The van der Waals surface area contributed by atoms with Gasteiger partial charge in [-0.2, -0.15) is 5.10 Å². The highest BCUT2D eigenvalue weighted by atomic mass is 35.5. The molecule has 1 aliphatic heterocycles. The van der Waals surface area contributed by atoms with Crippen LogP contribution in [0.5, 0.6) is 5.75 Å². The molecule has 2 aromatic rings. The highest BCUT2D eigenvalue weighted by molar-refractivity contribution is 5.85. The number of carbonyl (C=O) groups is 1. The number of nitrogens with zero attached hydrogens (tertiary/aromatic N) is 2. The van der Waals surface area contributed by atoms with E-state index >= 15 is 0 Å². The zero-order valence-corrected chi connectivity index (χ0v) is 15.8. The van der Waals surface area contributed by atoms with Crippen molar-refractivity contribution in [3.8, 4) is 5.75 Å². The van der Waals surface area contributed by atoms with Gasteiger partial charge in [0.05, 0.1) is 30.8 Å². The van der Waals surface area contributed by atoms with Gasteiger partial charge in [0, 0.05) is 32.3 Å². The molecule has 2 heterocycles. The standard InChI is InChI=1S/C18H23FN4O2.ClH/c1-11(17-15(19)5-4-6-16(17)25-3)22-18(24)14-9-20-8-13(14)12-7-21-23(2)10-12;/h4-7,10-11,13-14,20H,8-9H2,1-3H3,(H,22,24);1H/t11?,13-,14+;/m1./s1. The van der Waals surface area contributed by atoms with Crippen molar-refractivity contribution in [2.24, 2.45) is 13.0 Å². The van der Waals surface area contributed by atoms with Gasteiger partial charge < -0.3 is 15.4 Å². The van der Waals surface area contributed by atoms with Crippen molar-refractivity contribution in [2.75, 3.05) is 20.2 Å². The number of hydrogen-bond donors (Lipinski definition) is 2. The second kappa shape index (κ2) is 8.51. The van der Waals surface area contributed by atoms with Gasteiger partial charge in [0.15, 0.2) is 0 Å². The third-order valence-electron chi connectivity index (χ3n) is 4.73. The molecule has 1 aromatic carbocycles. The summed E-state index contributed by atoms with van der Waals surface area (Å²) in [6, 6.07) is 4.16. The second-order valence-electron chi connectivity index (χ2n) is 6.40. The summed E-state index contributed by atoms with van der Waals surface area (Å²) in [5.74, 6) is -0.217. The number of nitrogens with one attached hydrogen (secondary N) is 2. The molecule has 0 radical (unpaired) electrons. The molecule has 0 spiro atoms. The van der Waals surface area contributed by atoms with Crippen LogP contribution < -0.4 is 15.4 Å². The van der Waals surface area contributed by atoms with Crippen molar-refractivity contribution in [3.05, 3.63) is 47.5 Å². The lowest BCUT2D eigenvalue weighted by molar-refractivity contribution is -0.125. The van der Waals surface area contributed by atoms with Gasteiger partial charge in [-0.25, -0.2) is 4.39 Å². The summed E-state index contributed by atoms with van der Waals surface area (Å²) in [5, 5.41) is 10.4. The van der Waals surface area contributed by atoms with Gasteiger partial charge in [-0.1, -0.05) is 6.07 Å². The summed E-state index contributed by atoms with van der Waals surface area (Å²) in [6.45, 7) is 3.08. The van der Waals surface area contributed by atoms with Gasteiger partial charge in [0.2, 0.25) is 5.91 Å². The Bertz CT molecular complexity index is 767. The zero-order valence-electron chi connectivity index (χ0n) is 15.0. The molecule has 3 rings (SSSR count). The lowest BCUT2D eigenvalue weighted by atomic mass is 9.90. The Labute approximate surface area is 158 Å². The van der Waals surface area contributed by atoms with Crippen LogP contribution in [0.25, 0.3) is 0 Å². The molecule has 1 amide bonds. The molecule has 26 heavy (non-hydrogen) atoms. The molecule has 3 atom stereocenters. The highest BCUT2D eigenvalue weighted by Gasteiger charge is 2.35. The second-order valence-corrected chi connectivity index (χ2v) is 6.40. The minimum Gasteiger partial charge on any atom is -0.496 e. The van der Waals surface area contributed by atoms with E-state index in [0.29, 0.717) is 17.9 Å². The number of amides is 1. The summed E-state index contributed by atoms with van der Waals surface area (Å²) in [4.78, 5) is 12.8. The Morgan fingerprint density at radius 2 is 2.23 bits per heavy atom. The molecule has 1 fully saturated rings. The molecule has 1 aliphatic rings. The molecule has 0 aliphatic carbocycles. The molecule has 2 N–H and O–H groups in total. The third-order valence-corrected chi connectivity index (χ3v) is 4.73. The molecule has 0 bridgehead atoms. The monoisotopic (exact) mass is 382 g/mol. The van der Waals surface area contributed by atoms with Gasteiger partial charge in [0.1, 0.15) is 11.6 Å². The smallest absolute Gasteiger partial charge is 0.225 e. The van der Waals surface area contributed by atoms with Crippen molar-refractivity contribution in [2.45, 2.75) is 18.9 Å². The SMILES string of the molecule is COc1cccc(F)c1C(C)NC(=O)[C@H]1CNC[C@@H]1c1cnn(C)c1.Cl. The van der Waals surface area contributed by atoms with Gasteiger partial charge in [-0.3, -0.25) is 9.48 Å². The van der Waals surface area contributed by atoms with Crippen molar-refractivity contribution in [1.82, 2.24) is 20.4 Å². The Kier molecular flexibility index (Phi) is 6.61. The molecule has 0 saturated carbocycles. The van der Waals surface area contributed by atoms with Crippen molar-refractivity contribution >= 4 is 18.3 Å². The summed E-state index contributed by atoms with van der Waals surface area (Å²) >= 11 is 0. The zero-order chi connectivity index (χ0) is 18.0. The van der Waals surface area contributed by atoms with E-state index in [1.54, 1.807) is 29.9 Å². The summed E-state index contributed by atoms with van der Waals surface area (Å²) < 4.78 is 21.2. The van der Waals surface area contributed by atoms with E-state index in [9.17, 15) is 9.18 Å². The van der Waals surface area contributed by atoms with E-state index in [2.05, 4.69) is 15.7 Å². The largest absolute Gasteiger partial charge is 0.496 e. The Morgan fingerprint density at radius 1 is 1.46 bits per heavy atom. The predicted molar refractivity (Wildman–Crippen MR) is 99.1 cm³/mol. The Morgan fingerprint density at radius 3 is 2.88 bits per heavy atom. The fourth-order valence-electron chi connectivity index (χ4n) is 3.44. The average Bonchev–Trinajstić information content (AvgIpc) is 3.22. The molecule has 142 valence electrons. The summed E-state index contributed by atoms with van der Waals surface area (Å²) in [7, 11) is 3.35. The highest BCUT2D eigenvalue weighted by Crippen LogP contribution is 2.31. The van der Waals surface area contributed by atoms with Crippen LogP contribution in [-0.2, 0) is 11.8 Å². The van der Waals surface area contributed by atoms with Crippen molar-refractivity contribution < 1.29 is 13.9 Å². The van der Waals surface area contributed by atoms with Crippen LogP contribution in [0.3, 0.4) is 0 Å². The maximum atomic E-state index is 14.2. The number of aryl methyl sites for hydroxylation is 1. The number of rotatable bonds is 5. The van der Waals surface area contributed by atoms with Gasteiger partial charge in [-0.05, 0) is 24.6 Å². The Hall–Kier alpha value is -2.12. The molecule has 8 heteroatoms. The minimum atomic E-state index is -0.487. The number of methoxy groups -OCH3 is 1. The number of carbonyl (C=O) groups excluding carboxylic acids is 1. The molecule has 6 nitrogen and oxygen atoms in total. The lowest BCUT2D eigenvalue weighted by Crippen LogP contribution is -2.36. The fourth-order valence-corrected chi connectivity index (χ4v) is 3.44. The number of halogens is 2. The van der Waals surface area contributed by atoms with E-state index in [4.69, 9.17) is 4.74 Å². The number of ether oxygens (including phenoxy) is 1. The normalized spacial score (nSPS) is 20.3. The molecule has 1 saturated heterocycles. The van der Waals surface area contributed by atoms with Crippen LogP contribution >= 0.6 is 12.4 Å².